The molecule has 0 atom stereocenters. The number of aryl methyl sites for hydroxylation is 4. The summed E-state index contributed by atoms with van der Waals surface area (Å²) in [6.07, 6.45) is 3.38. The van der Waals surface area contributed by atoms with Crippen LogP contribution >= 0.6 is 63.7 Å². The molecule has 5 rings (SSSR count). The summed E-state index contributed by atoms with van der Waals surface area (Å²) in [6, 6.07) is 10.6. The van der Waals surface area contributed by atoms with Crippen LogP contribution in [0.25, 0.3) is 22.3 Å². The Labute approximate surface area is 237 Å². The fourth-order valence-electron chi connectivity index (χ4n) is 5.36. The van der Waals surface area contributed by atoms with E-state index in [-0.39, 0.29) is 5.56 Å². The molecule has 0 amide bonds. The maximum absolute atomic E-state index is 13.7. The van der Waals surface area contributed by atoms with Crippen LogP contribution in [0.5, 0.6) is 0 Å². The number of rotatable bonds is 3. The van der Waals surface area contributed by atoms with Gasteiger partial charge in [-0.2, -0.15) is 13.2 Å². The molecule has 35 heavy (non-hydrogen) atoms. The molecule has 0 nitrogen and oxygen atoms in total. The van der Waals surface area contributed by atoms with E-state index >= 15 is 0 Å². The first-order valence-corrected chi connectivity index (χ1v) is 15.0. The molecular weight excluding hydrogens is 713 g/mol. The lowest BCUT2D eigenvalue weighted by atomic mass is 9.86. The topological polar surface area (TPSA) is 0 Å². The van der Waals surface area contributed by atoms with Crippen molar-refractivity contribution >= 4 is 63.7 Å². The van der Waals surface area contributed by atoms with Gasteiger partial charge in [0.25, 0.3) is 0 Å². The summed E-state index contributed by atoms with van der Waals surface area (Å²) in [5, 5.41) is 0. The van der Waals surface area contributed by atoms with E-state index in [2.05, 4.69) is 88.0 Å². The second-order valence-corrected chi connectivity index (χ2v) is 12.8. The number of hydrogen-bond acceptors (Lipinski definition) is 0. The minimum Gasteiger partial charge on any atom is -0.171 e. The smallest absolute Gasteiger partial charge is 0.171 e. The Morgan fingerprint density at radius 3 is 1.29 bits per heavy atom. The van der Waals surface area contributed by atoms with Gasteiger partial charge in [0.1, 0.15) is 0 Å². The molecule has 0 spiro atoms. The fourth-order valence-corrected chi connectivity index (χ4v) is 8.17. The maximum Gasteiger partial charge on any atom is 0.393 e. The summed E-state index contributed by atoms with van der Waals surface area (Å²) in [5.74, 6) is 0. The lowest BCUT2D eigenvalue weighted by Gasteiger charge is -2.23. The highest BCUT2D eigenvalue weighted by Crippen LogP contribution is 2.48. The van der Waals surface area contributed by atoms with Crippen molar-refractivity contribution < 1.29 is 13.2 Å². The maximum atomic E-state index is 13.7. The molecule has 3 aromatic rings. The summed E-state index contributed by atoms with van der Waals surface area (Å²) in [6.45, 7) is 0. The average Bonchev–Trinajstić information content (AvgIpc) is 2.81. The standard InChI is InChI=1S/C28H23Br4F3/c29-24-11-17-7-3-1-5-15(17)9-19(24)21-13-22(27(32)23(26(21)31)14-28(33,34)35)20-10-16-6-2-4-8-18(16)12-25(20)30/h9-13H,1-8,14H2. The van der Waals surface area contributed by atoms with E-state index in [0.29, 0.717) is 8.95 Å². The first kappa shape index (κ1) is 26.0. The van der Waals surface area contributed by atoms with E-state index in [1.54, 1.807) is 0 Å². The van der Waals surface area contributed by atoms with Crippen molar-refractivity contribution in [3.8, 4) is 22.3 Å². The third-order valence-electron chi connectivity index (χ3n) is 7.11. The molecule has 0 saturated carbocycles. The lowest BCUT2D eigenvalue weighted by Crippen LogP contribution is -2.13. The van der Waals surface area contributed by atoms with E-state index in [0.717, 1.165) is 69.7 Å². The van der Waals surface area contributed by atoms with Gasteiger partial charge in [-0.05, 0) is 164 Å². The van der Waals surface area contributed by atoms with E-state index in [1.165, 1.54) is 35.1 Å². The van der Waals surface area contributed by atoms with Crippen LogP contribution in [0.2, 0.25) is 0 Å². The summed E-state index contributed by atoms with van der Waals surface area (Å²) in [5.41, 5.74) is 8.84. The van der Waals surface area contributed by atoms with Gasteiger partial charge < -0.3 is 0 Å². The van der Waals surface area contributed by atoms with E-state index in [1.807, 2.05) is 6.07 Å². The normalized spacial score (nSPS) is 15.6. The molecule has 2 aliphatic rings. The van der Waals surface area contributed by atoms with Crippen molar-refractivity contribution in [2.24, 2.45) is 0 Å². The Kier molecular flexibility index (Phi) is 7.62. The minimum atomic E-state index is -4.33. The van der Waals surface area contributed by atoms with Gasteiger partial charge in [0.05, 0.1) is 6.42 Å². The molecule has 0 saturated heterocycles. The third-order valence-corrected chi connectivity index (χ3v) is 10.2. The van der Waals surface area contributed by atoms with Gasteiger partial charge in [-0.25, -0.2) is 0 Å². The molecule has 0 heterocycles. The second kappa shape index (κ2) is 10.3. The Hall–Kier alpha value is -0.630. The lowest BCUT2D eigenvalue weighted by molar-refractivity contribution is -0.127. The Bertz CT molecular complexity index is 1220. The zero-order valence-corrected chi connectivity index (χ0v) is 25.2. The average molecular weight is 736 g/mol. The highest BCUT2D eigenvalue weighted by atomic mass is 79.9. The molecule has 0 radical (unpaired) electrons. The second-order valence-electron chi connectivity index (χ2n) is 9.49. The summed E-state index contributed by atoms with van der Waals surface area (Å²) >= 11 is 14.6. The van der Waals surface area contributed by atoms with Gasteiger partial charge in [-0.1, -0.05) is 31.9 Å². The van der Waals surface area contributed by atoms with Crippen LogP contribution in [-0.4, -0.2) is 6.18 Å². The van der Waals surface area contributed by atoms with Gasteiger partial charge in [0.15, 0.2) is 0 Å². The third kappa shape index (κ3) is 5.35. The summed E-state index contributed by atoms with van der Waals surface area (Å²) in [4.78, 5) is 0. The molecular formula is C28H23Br4F3. The van der Waals surface area contributed by atoms with E-state index < -0.39 is 12.6 Å². The van der Waals surface area contributed by atoms with Crippen LogP contribution in [0.1, 0.15) is 53.5 Å². The SMILES string of the molecule is FC(F)(F)Cc1c(Br)c(-c2cc3c(cc2Br)CCCC3)cc(-c2cc3c(cc2Br)CCCC3)c1Br. The van der Waals surface area contributed by atoms with Crippen LogP contribution in [-0.2, 0) is 32.1 Å². The van der Waals surface area contributed by atoms with Crippen LogP contribution < -0.4 is 0 Å². The number of hydrogen-bond donors (Lipinski definition) is 0. The van der Waals surface area contributed by atoms with Crippen molar-refractivity contribution in [1.29, 1.82) is 0 Å². The largest absolute Gasteiger partial charge is 0.393 e. The van der Waals surface area contributed by atoms with Crippen LogP contribution in [0.3, 0.4) is 0 Å². The van der Waals surface area contributed by atoms with E-state index in [4.69, 9.17) is 0 Å². The quantitative estimate of drug-likeness (QED) is 0.251. The predicted octanol–water partition coefficient (Wildman–Crippen LogP) is 10.9. The number of halogens is 7. The molecule has 3 aromatic carbocycles. The van der Waals surface area contributed by atoms with Crippen LogP contribution in [0.4, 0.5) is 13.2 Å². The molecule has 0 unspecified atom stereocenters. The van der Waals surface area contributed by atoms with Crippen LogP contribution in [0, 0.1) is 0 Å². The van der Waals surface area contributed by atoms with Crippen LogP contribution in [0.15, 0.2) is 48.2 Å². The van der Waals surface area contributed by atoms with Gasteiger partial charge in [0, 0.05) is 17.9 Å². The predicted molar refractivity (Wildman–Crippen MR) is 151 cm³/mol. The summed E-state index contributed by atoms with van der Waals surface area (Å²) in [7, 11) is 0. The number of fused-ring (bicyclic) bond motifs is 2. The molecule has 7 heteroatoms. The van der Waals surface area contributed by atoms with Gasteiger partial charge in [-0.15, -0.1) is 0 Å². The van der Waals surface area contributed by atoms with Gasteiger partial charge in [-0.3, -0.25) is 0 Å². The molecule has 0 fully saturated rings. The molecule has 0 bridgehead atoms. The fraction of sp³-hybridized carbons (Fsp3) is 0.357. The number of benzene rings is 3. The Morgan fingerprint density at radius 1 is 0.543 bits per heavy atom. The van der Waals surface area contributed by atoms with Crippen molar-refractivity contribution in [1.82, 2.24) is 0 Å². The molecule has 0 N–H and O–H groups in total. The highest BCUT2D eigenvalue weighted by molar-refractivity contribution is 9.11. The minimum absolute atomic E-state index is 0.222. The molecule has 0 aromatic heterocycles. The Morgan fingerprint density at radius 2 is 0.914 bits per heavy atom. The van der Waals surface area contributed by atoms with Crippen molar-refractivity contribution in [3.63, 3.8) is 0 Å². The van der Waals surface area contributed by atoms with Crippen molar-refractivity contribution in [3.05, 3.63) is 76.0 Å². The highest BCUT2D eigenvalue weighted by Gasteiger charge is 2.32. The molecule has 184 valence electrons. The molecule has 0 aliphatic heterocycles. The van der Waals surface area contributed by atoms with E-state index in [9.17, 15) is 13.2 Å². The number of alkyl halides is 3. The van der Waals surface area contributed by atoms with Gasteiger partial charge >= 0.3 is 6.18 Å². The zero-order valence-electron chi connectivity index (χ0n) is 18.9. The van der Waals surface area contributed by atoms with Gasteiger partial charge in [0.2, 0.25) is 0 Å². The molecule has 2 aliphatic carbocycles. The Balaban J connectivity index is 1.75. The summed E-state index contributed by atoms with van der Waals surface area (Å²) < 4.78 is 43.9. The monoisotopic (exact) mass is 732 g/mol. The van der Waals surface area contributed by atoms with Crippen molar-refractivity contribution in [2.45, 2.75) is 64.0 Å². The first-order chi connectivity index (χ1) is 16.6. The van der Waals surface area contributed by atoms with Crippen molar-refractivity contribution in [2.75, 3.05) is 0 Å². The first-order valence-electron chi connectivity index (χ1n) is 11.8. The zero-order chi connectivity index (χ0) is 24.9.